The van der Waals surface area contributed by atoms with Crippen LogP contribution in [0.15, 0.2) is 0 Å². The van der Waals surface area contributed by atoms with Crippen LogP contribution in [0.4, 0.5) is 0 Å². The summed E-state index contributed by atoms with van der Waals surface area (Å²) >= 11 is 0. The highest BCUT2D eigenvalue weighted by Crippen LogP contribution is 2.26. The second kappa shape index (κ2) is 2.41. The largest absolute Gasteiger partial charge is 0.290 e. The molecule has 0 fully saturated rings. The van der Waals surface area contributed by atoms with Crippen molar-refractivity contribution in [3.8, 4) is 0 Å². The molecular formula is C6H10OP+. The minimum absolute atomic E-state index is 0.0432. The van der Waals surface area contributed by atoms with Crippen LogP contribution in [0, 0.1) is 0 Å². The fourth-order valence-electron chi connectivity index (χ4n) is 0.836. The zero-order valence-electron chi connectivity index (χ0n) is 5.05. The molecule has 2 heteroatoms. The van der Waals surface area contributed by atoms with Crippen molar-refractivity contribution in [3.05, 3.63) is 0 Å². The number of hydrogen-bond donors (Lipinski definition) is 0. The van der Waals surface area contributed by atoms with Gasteiger partial charge in [-0.15, -0.1) is 0 Å². The molecule has 1 aliphatic rings. The van der Waals surface area contributed by atoms with Crippen molar-refractivity contribution in [1.29, 1.82) is 0 Å². The van der Waals surface area contributed by atoms with Gasteiger partial charge < -0.3 is 0 Å². The maximum atomic E-state index is 10.6. The number of ketones is 1. The molecule has 8 heavy (non-hydrogen) atoms. The molecule has 0 bridgehead atoms. The molecule has 0 aromatic rings. The van der Waals surface area contributed by atoms with Gasteiger partial charge in [0.15, 0.2) is 5.80 Å². The molecule has 0 aromatic carbocycles. The fraction of sp³-hybridized carbons (Fsp3) is 0.667. The van der Waals surface area contributed by atoms with E-state index < -0.39 is 0 Å². The first kappa shape index (κ1) is 5.97. The molecule has 44 valence electrons. The van der Waals surface area contributed by atoms with E-state index >= 15 is 0 Å². The third-order valence-corrected chi connectivity index (χ3v) is 3.64. The second-order valence-corrected chi connectivity index (χ2v) is 4.49. The molecule has 1 unspecified atom stereocenters. The Morgan fingerprint density at radius 1 is 1.88 bits per heavy atom. The first-order chi connectivity index (χ1) is 3.83. The molecule has 1 atom stereocenters. The average Bonchev–Trinajstić information content (AvgIpc) is 2.14. The predicted molar refractivity (Wildman–Crippen MR) is 38.0 cm³/mol. The van der Waals surface area contributed by atoms with Gasteiger partial charge in [-0.2, -0.15) is 0 Å². The third-order valence-electron chi connectivity index (χ3n) is 1.38. The molecule has 0 saturated carbocycles. The lowest BCUT2D eigenvalue weighted by atomic mass is 10.4. The summed E-state index contributed by atoms with van der Waals surface area (Å²) in [5.74, 6) is 2.30. The summed E-state index contributed by atoms with van der Waals surface area (Å²) in [6.45, 7) is 2.15. The molecule has 1 nitrogen and oxygen atoms in total. The smallest absolute Gasteiger partial charge is 0.201 e. The summed E-state index contributed by atoms with van der Waals surface area (Å²) in [6.07, 6.45) is 3.17. The Balaban J connectivity index is 2.57. The highest BCUT2D eigenvalue weighted by Gasteiger charge is 2.19. The van der Waals surface area contributed by atoms with Gasteiger partial charge in [-0.3, -0.25) is 4.79 Å². The van der Waals surface area contributed by atoms with Gasteiger partial charge in [0.25, 0.3) is 0 Å². The normalized spacial score (nSPS) is 23.6. The number of carbonyl (C=O) groups excluding carboxylic acids is 1. The van der Waals surface area contributed by atoms with Crippen LogP contribution in [0.1, 0.15) is 13.3 Å². The van der Waals surface area contributed by atoms with Crippen LogP contribution in [0.25, 0.3) is 0 Å². The summed E-state index contributed by atoms with van der Waals surface area (Å²) in [5.41, 5.74) is 0. The lowest BCUT2D eigenvalue weighted by molar-refractivity contribution is -0.111. The van der Waals surface area contributed by atoms with Crippen LogP contribution in [0.5, 0.6) is 0 Å². The summed E-state index contributed by atoms with van der Waals surface area (Å²) in [6, 6.07) is 0. The van der Waals surface area contributed by atoms with Gasteiger partial charge in [0.2, 0.25) is 5.78 Å². The minimum Gasteiger partial charge on any atom is -0.290 e. The lowest BCUT2D eigenvalue weighted by Gasteiger charge is -1.74. The van der Waals surface area contributed by atoms with Crippen molar-refractivity contribution in [1.82, 2.24) is 0 Å². The topological polar surface area (TPSA) is 17.1 Å². The van der Waals surface area contributed by atoms with Crippen LogP contribution in [0.2, 0.25) is 0 Å². The van der Waals surface area contributed by atoms with Crippen molar-refractivity contribution in [2.45, 2.75) is 13.3 Å². The Labute approximate surface area is 50.5 Å². The molecule has 1 heterocycles. The minimum atomic E-state index is 0.0432. The third kappa shape index (κ3) is 1.16. The molecule has 0 aliphatic carbocycles. The number of carbonyl (C=O) groups is 1. The van der Waals surface area contributed by atoms with Crippen LogP contribution in [-0.2, 0) is 4.79 Å². The first-order valence-corrected chi connectivity index (χ1v) is 4.73. The van der Waals surface area contributed by atoms with Gasteiger partial charge in [-0.05, 0) is 6.92 Å². The lowest BCUT2D eigenvalue weighted by Crippen LogP contribution is -1.89. The van der Waals surface area contributed by atoms with E-state index in [0.29, 0.717) is 5.78 Å². The maximum Gasteiger partial charge on any atom is 0.201 e. The van der Waals surface area contributed by atoms with E-state index in [0.717, 1.165) is 12.6 Å². The van der Waals surface area contributed by atoms with E-state index in [1.807, 2.05) is 5.80 Å². The molecular weight excluding hydrogens is 119 g/mol. The van der Waals surface area contributed by atoms with E-state index in [9.17, 15) is 4.79 Å². The standard InChI is InChI=1S/C6H10OP/c1-2-8-4-3-6(7)5-8/h5H,2-4H2,1H3/q+1. The van der Waals surface area contributed by atoms with Gasteiger partial charge >= 0.3 is 0 Å². The summed E-state index contributed by atoms with van der Waals surface area (Å²) in [5, 5.41) is 0. The molecule has 0 spiro atoms. The van der Waals surface area contributed by atoms with Gasteiger partial charge in [0.05, 0.1) is 14.0 Å². The molecule has 1 aliphatic heterocycles. The Bertz CT molecular complexity index is 137. The van der Waals surface area contributed by atoms with Gasteiger partial charge in [0.1, 0.15) is 12.3 Å². The van der Waals surface area contributed by atoms with Crippen molar-refractivity contribution >= 4 is 19.1 Å². The number of hydrogen-bond acceptors (Lipinski definition) is 1. The highest BCUT2D eigenvalue weighted by atomic mass is 31.1. The van der Waals surface area contributed by atoms with Crippen molar-refractivity contribution in [3.63, 3.8) is 0 Å². The molecule has 1 rings (SSSR count). The van der Waals surface area contributed by atoms with Gasteiger partial charge in [0, 0.05) is 0 Å². The van der Waals surface area contributed by atoms with Crippen molar-refractivity contribution in [2.75, 3.05) is 12.3 Å². The van der Waals surface area contributed by atoms with Crippen molar-refractivity contribution in [2.24, 2.45) is 0 Å². The van der Waals surface area contributed by atoms with Crippen LogP contribution < -0.4 is 0 Å². The van der Waals surface area contributed by atoms with Gasteiger partial charge in [-0.25, -0.2) is 0 Å². The molecule has 0 saturated heterocycles. The maximum absolute atomic E-state index is 10.6. The first-order valence-electron chi connectivity index (χ1n) is 2.94. The molecule has 0 N–H and O–H groups in total. The average molecular weight is 129 g/mol. The van der Waals surface area contributed by atoms with E-state index in [-0.39, 0.29) is 7.55 Å². The number of rotatable bonds is 1. The van der Waals surface area contributed by atoms with E-state index in [2.05, 4.69) is 6.92 Å². The predicted octanol–water partition coefficient (Wildman–Crippen LogP) is 1.26. The number of Topliss-reactive ketones (excluding diaryl/α,β-unsaturated/α-hetero) is 1. The van der Waals surface area contributed by atoms with Crippen LogP contribution in [-0.4, -0.2) is 23.9 Å². The Hall–Kier alpha value is -0.160. The second-order valence-electron chi connectivity index (χ2n) is 1.97. The Morgan fingerprint density at radius 2 is 2.62 bits per heavy atom. The van der Waals surface area contributed by atoms with Crippen LogP contribution >= 0.6 is 7.55 Å². The van der Waals surface area contributed by atoms with E-state index in [1.165, 1.54) is 6.16 Å². The molecule has 0 aromatic heterocycles. The Kier molecular flexibility index (Phi) is 1.80. The Morgan fingerprint density at radius 3 is 2.88 bits per heavy atom. The van der Waals surface area contributed by atoms with Crippen molar-refractivity contribution < 1.29 is 4.79 Å². The van der Waals surface area contributed by atoms with E-state index in [1.54, 1.807) is 0 Å². The zero-order chi connectivity index (χ0) is 5.98. The molecule has 0 amide bonds. The summed E-state index contributed by atoms with van der Waals surface area (Å²) in [7, 11) is 0.0432. The monoisotopic (exact) mass is 129 g/mol. The highest BCUT2D eigenvalue weighted by molar-refractivity contribution is 7.60. The quantitative estimate of drug-likeness (QED) is 0.487. The van der Waals surface area contributed by atoms with Gasteiger partial charge in [-0.1, -0.05) is 0 Å². The fourth-order valence-corrected chi connectivity index (χ4v) is 2.51. The summed E-state index contributed by atoms with van der Waals surface area (Å²) < 4.78 is 0. The van der Waals surface area contributed by atoms with E-state index in [4.69, 9.17) is 0 Å². The SMILES string of the molecule is CC[P+]1=CC(=O)CC1. The molecule has 0 radical (unpaired) electrons. The van der Waals surface area contributed by atoms with Crippen LogP contribution in [0.3, 0.4) is 0 Å². The summed E-state index contributed by atoms with van der Waals surface area (Å²) in [4.78, 5) is 10.6. The zero-order valence-corrected chi connectivity index (χ0v) is 5.95.